The minimum absolute atomic E-state index is 0.371. The van der Waals surface area contributed by atoms with Gasteiger partial charge in [-0.15, -0.1) is 0 Å². The number of hydrogen-bond acceptors (Lipinski definition) is 3. The van der Waals surface area contributed by atoms with E-state index in [1.54, 1.807) is 30.3 Å². The van der Waals surface area contributed by atoms with Gasteiger partial charge in [-0.25, -0.2) is 4.79 Å². The molecule has 3 nitrogen and oxygen atoms in total. The lowest BCUT2D eigenvalue weighted by molar-refractivity contribution is 0.0734. The second-order valence-corrected chi connectivity index (χ2v) is 6.24. The molecule has 0 amide bonds. The largest absolute Gasteiger partial charge is 0.493 e. The van der Waals surface area contributed by atoms with Crippen LogP contribution >= 0.6 is 0 Å². The Labute approximate surface area is 154 Å². The molecular weight excluding hydrogens is 324 g/mol. The maximum Gasteiger partial charge on any atom is 0.343 e. The Morgan fingerprint density at radius 3 is 2.19 bits per heavy atom. The van der Waals surface area contributed by atoms with Crippen LogP contribution in [0.5, 0.6) is 11.5 Å². The zero-order valence-electron chi connectivity index (χ0n) is 15.1. The van der Waals surface area contributed by atoms with Gasteiger partial charge in [0.15, 0.2) is 0 Å². The van der Waals surface area contributed by atoms with Crippen molar-refractivity contribution in [2.75, 3.05) is 6.61 Å². The topological polar surface area (TPSA) is 35.5 Å². The quantitative estimate of drug-likeness (QED) is 0.458. The van der Waals surface area contributed by atoms with Crippen molar-refractivity contribution in [2.24, 2.45) is 0 Å². The van der Waals surface area contributed by atoms with Gasteiger partial charge in [-0.2, -0.15) is 0 Å². The van der Waals surface area contributed by atoms with Gasteiger partial charge in [-0.05, 0) is 66.9 Å². The monoisotopic (exact) mass is 346 g/mol. The van der Waals surface area contributed by atoms with Crippen molar-refractivity contribution in [2.45, 2.75) is 20.3 Å². The molecule has 0 unspecified atom stereocenters. The first kappa shape index (κ1) is 17.7. The SMILES string of the molecule is Cc1ccc(OC(=O)c2ccc(OCCc3ccccc3)cc2)cc1C. The van der Waals surface area contributed by atoms with E-state index >= 15 is 0 Å². The normalized spacial score (nSPS) is 10.4. The highest BCUT2D eigenvalue weighted by Crippen LogP contribution is 2.19. The highest BCUT2D eigenvalue weighted by Gasteiger charge is 2.09. The highest BCUT2D eigenvalue weighted by atomic mass is 16.5. The van der Waals surface area contributed by atoms with E-state index in [9.17, 15) is 4.79 Å². The van der Waals surface area contributed by atoms with E-state index in [-0.39, 0.29) is 5.97 Å². The Hall–Kier alpha value is -3.07. The average molecular weight is 346 g/mol. The van der Waals surface area contributed by atoms with Crippen LogP contribution in [0.3, 0.4) is 0 Å². The molecule has 3 heteroatoms. The van der Waals surface area contributed by atoms with E-state index in [1.807, 2.05) is 44.2 Å². The molecule has 0 saturated heterocycles. The van der Waals surface area contributed by atoms with Gasteiger partial charge in [-0.3, -0.25) is 0 Å². The third kappa shape index (κ3) is 4.73. The van der Waals surface area contributed by atoms with Crippen LogP contribution in [0.15, 0.2) is 72.8 Å². The Kier molecular flexibility index (Phi) is 5.69. The summed E-state index contributed by atoms with van der Waals surface area (Å²) in [5, 5.41) is 0. The summed E-state index contributed by atoms with van der Waals surface area (Å²) in [6.45, 7) is 4.61. The summed E-state index contributed by atoms with van der Waals surface area (Å²) in [5.74, 6) is 0.925. The lowest BCUT2D eigenvalue weighted by Gasteiger charge is -2.08. The average Bonchev–Trinajstić information content (AvgIpc) is 2.66. The van der Waals surface area contributed by atoms with Crippen molar-refractivity contribution >= 4 is 5.97 Å². The first-order valence-corrected chi connectivity index (χ1v) is 8.68. The lowest BCUT2D eigenvalue weighted by atomic mass is 10.1. The second kappa shape index (κ2) is 8.34. The molecule has 0 saturated carbocycles. The van der Waals surface area contributed by atoms with Crippen molar-refractivity contribution < 1.29 is 14.3 Å². The van der Waals surface area contributed by atoms with Crippen LogP contribution in [0.25, 0.3) is 0 Å². The summed E-state index contributed by atoms with van der Waals surface area (Å²) in [5.41, 5.74) is 4.00. The lowest BCUT2D eigenvalue weighted by Crippen LogP contribution is -2.08. The molecule has 26 heavy (non-hydrogen) atoms. The second-order valence-electron chi connectivity index (χ2n) is 6.24. The Morgan fingerprint density at radius 2 is 1.50 bits per heavy atom. The molecule has 132 valence electrons. The molecule has 0 atom stereocenters. The number of carbonyl (C=O) groups is 1. The molecule has 0 bridgehead atoms. The van der Waals surface area contributed by atoms with Crippen molar-refractivity contribution in [1.82, 2.24) is 0 Å². The first-order chi connectivity index (χ1) is 12.6. The number of rotatable bonds is 6. The van der Waals surface area contributed by atoms with Crippen LogP contribution in [0.4, 0.5) is 0 Å². The Morgan fingerprint density at radius 1 is 0.808 bits per heavy atom. The number of benzene rings is 3. The first-order valence-electron chi connectivity index (χ1n) is 8.68. The maximum atomic E-state index is 12.3. The molecular formula is C23H22O3. The predicted octanol–water partition coefficient (Wildman–Crippen LogP) is 5.14. The Bertz CT molecular complexity index is 868. The van der Waals surface area contributed by atoms with Gasteiger partial charge in [0.05, 0.1) is 12.2 Å². The molecule has 0 aromatic heterocycles. The number of ether oxygens (including phenoxy) is 2. The minimum Gasteiger partial charge on any atom is -0.493 e. The predicted molar refractivity (Wildman–Crippen MR) is 103 cm³/mol. The molecule has 0 aliphatic rings. The van der Waals surface area contributed by atoms with Crippen LogP contribution in [0.1, 0.15) is 27.0 Å². The van der Waals surface area contributed by atoms with Crippen molar-refractivity contribution in [3.05, 3.63) is 95.1 Å². The summed E-state index contributed by atoms with van der Waals surface area (Å²) in [4.78, 5) is 12.3. The van der Waals surface area contributed by atoms with Gasteiger partial charge < -0.3 is 9.47 Å². The summed E-state index contributed by atoms with van der Waals surface area (Å²) in [7, 11) is 0. The third-order valence-electron chi connectivity index (χ3n) is 4.28. The number of hydrogen-bond donors (Lipinski definition) is 0. The molecule has 0 aliphatic carbocycles. The molecule has 3 aromatic carbocycles. The fourth-order valence-corrected chi connectivity index (χ4v) is 2.56. The molecule has 0 spiro atoms. The molecule has 0 aliphatic heterocycles. The summed E-state index contributed by atoms with van der Waals surface area (Å²) in [6.07, 6.45) is 0.845. The van der Waals surface area contributed by atoms with Crippen LogP contribution in [0, 0.1) is 13.8 Å². The summed E-state index contributed by atoms with van der Waals surface area (Å²) >= 11 is 0. The number of aryl methyl sites for hydroxylation is 2. The fraction of sp³-hybridized carbons (Fsp3) is 0.174. The van der Waals surface area contributed by atoms with Crippen LogP contribution in [-0.2, 0) is 6.42 Å². The maximum absolute atomic E-state index is 12.3. The van der Waals surface area contributed by atoms with Crippen molar-refractivity contribution in [3.8, 4) is 11.5 Å². The van der Waals surface area contributed by atoms with Gasteiger partial charge in [0.25, 0.3) is 0 Å². The van der Waals surface area contributed by atoms with E-state index in [2.05, 4.69) is 12.1 Å². The van der Waals surface area contributed by atoms with E-state index < -0.39 is 0 Å². The smallest absolute Gasteiger partial charge is 0.343 e. The highest BCUT2D eigenvalue weighted by molar-refractivity contribution is 5.91. The van der Waals surface area contributed by atoms with Crippen LogP contribution in [0.2, 0.25) is 0 Å². The van der Waals surface area contributed by atoms with E-state index in [4.69, 9.17) is 9.47 Å². The van der Waals surface area contributed by atoms with Crippen molar-refractivity contribution in [3.63, 3.8) is 0 Å². The third-order valence-corrected chi connectivity index (χ3v) is 4.28. The van der Waals surface area contributed by atoms with Gasteiger partial charge >= 0.3 is 5.97 Å². The van der Waals surface area contributed by atoms with Gasteiger partial charge in [-0.1, -0.05) is 36.4 Å². The zero-order valence-corrected chi connectivity index (χ0v) is 15.1. The standard InChI is InChI=1S/C23H22O3/c1-17-8-11-22(16-18(17)2)26-23(24)20-9-12-21(13-10-20)25-15-14-19-6-4-3-5-7-19/h3-13,16H,14-15H2,1-2H3. The van der Waals surface area contributed by atoms with Gasteiger partial charge in [0.1, 0.15) is 11.5 Å². The summed E-state index contributed by atoms with van der Waals surface area (Å²) < 4.78 is 11.2. The summed E-state index contributed by atoms with van der Waals surface area (Å²) in [6, 6.07) is 22.9. The number of esters is 1. The van der Waals surface area contributed by atoms with Gasteiger partial charge in [0.2, 0.25) is 0 Å². The fourth-order valence-electron chi connectivity index (χ4n) is 2.56. The molecule has 3 rings (SSSR count). The molecule has 0 N–H and O–H groups in total. The molecule has 0 fully saturated rings. The van der Waals surface area contributed by atoms with Gasteiger partial charge in [0, 0.05) is 6.42 Å². The number of carbonyl (C=O) groups excluding carboxylic acids is 1. The van der Waals surface area contributed by atoms with Crippen LogP contribution in [-0.4, -0.2) is 12.6 Å². The van der Waals surface area contributed by atoms with E-state index in [0.29, 0.717) is 17.9 Å². The van der Waals surface area contributed by atoms with E-state index in [0.717, 1.165) is 17.7 Å². The zero-order chi connectivity index (χ0) is 18.4. The minimum atomic E-state index is -0.371. The van der Waals surface area contributed by atoms with E-state index in [1.165, 1.54) is 11.1 Å². The molecule has 0 heterocycles. The Balaban J connectivity index is 1.54. The molecule has 0 radical (unpaired) electrons. The molecule has 3 aromatic rings. The van der Waals surface area contributed by atoms with Crippen LogP contribution < -0.4 is 9.47 Å². The van der Waals surface area contributed by atoms with Crippen molar-refractivity contribution in [1.29, 1.82) is 0 Å².